The van der Waals surface area contributed by atoms with Gasteiger partial charge in [0.1, 0.15) is 12.4 Å². The molecule has 0 bridgehead atoms. The number of aryl methyl sites for hydroxylation is 2. The van der Waals surface area contributed by atoms with Gasteiger partial charge in [0, 0.05) is 5.69 Å². The van der Waals surface area contributed by atoms with Crippen molar-refractivity contribution in [2.45, 2.75) is 20.0 Å². The molecule has 0 aliphatic rings. The lowest BCUT2D eigenvalue weighted by Gasteiger charge is -2.11. The highest BCUT2D eigenvalue weighted by Gasteiger charge is 2.30. The summed E-state index contributed by atoms with van der Waals surface area (Å²) < 4.78 is 43.4. The number of urea groups is 1. The summed E-state index contributed by atoms with van der Waals surface area (Å²) in [7, 11) is 0. The second kappa shape index (κ2) is 7.92. The lowest BCUT2D eigenvalue weighted by atomic mass is 10.1. The van der Waals surface area contributed by atoms with E-state index in [1.807, 2.05) is 32.0 Å². The Morgan fingerprint density at radius 1 is 1.08 bits per heavy atom. The molecule has 0 saturated carbocycles. The topological polar surface area (TPSA) is 50.4 Å². The molecule has 4 nitrogen and oxygen atoms in total. The number of carbonyl (C=O) groups is 1. The Balaban J connectivity index is 1.78. The normalized spacial score (nSPS) is 11.1. The van der Waals surface area contributed by atoms with Crippen LogP contribution in [-0.2, 0) is 6.18 Å². The summed E-state index contributed by atoms with van der Waals surface area (Å²) >= 11 is 0. The standard InChI is InChI=1S/C18H19F3N2O2/c1-12-6-7-16(10-13(12)2)25-9-8-22-17(24)23-15-5-3-4-14(11-15)18(19,20)21/h3-7,10-11H,8-9H2,1-2H3,(H2,22,23,24). The number of halogens is 3. The third-order valence-corrected chi connectivity index (χ3v) is 3.58. The molecule has 2 aromatic carbocycles. The number of ether oxygens (including phenoxy) is 1. The second-order valence-corrected chi connectivity index (χ2v) is 5.55. The van der Waals surface area contributed by atoms with Crippen LogP contribution in [0.1, 0.15) is 16.7 Å². The summed E-state index contributed by atoms with van der Waals surface area (Å²) in [6.07, 6.45) is -4.45. The minimum Gasteiger partial charge on any atom is -0.492 e. The first-order valence-electron chi connectivity index (χ1n) is 7.68. The van der Waals surface area contributed by atoms with Crippen LogP contribution in [0.15, 0.2) is 42.5 Å². The molecule has 0 aliphatic heterocycles. The minimum atomic E-state index is -4.45. The van der Waals surface area contributed by atoms with Gasteiger partial charge in [0.15, 0.2) is 0 Å². The van der Waals surface area contributed by atoms with Gasteiger partial charge in [-0.1, -0.05) is 12.1 Å². The number of nitrogens with one attached hydrogen (secondary N) is 2. The summed E-state index contributed by atoms with van der Waals surface area (Å²) in [6, 6.07) is 9.54. The first-order valence-corrected chi connectivity index (χ1v) is 7.68. The smallest absolute Gasteiger partial charge is 0.416 e. The molecule has 2 N–H and O–H groups in total. The zero-order valence-corrected chi connectivity index (χ0v) is 13.9. The molecule has 0 aliphatic carbocycles. The fraction of sp³-hybridized carbons (Fsp3) is 0.278. The van der Waals surface area contributed by atoms with Gasteiger partial charge >= 0.3 is 12.2 Å². The van der Waals surface area contributed by atoms with Crippen LogP contribution in [-0.4, -0.2) is 19.2 Å². The largest absolute Gasteiger partial charge is 0.492 e. The van der Waals surface area contributed by atoms with Crippen molar-refractivity contribution in [3.05, 3.63) is 59.2 Å². The number of anilines is 1. The Kier molecular flexibility index (Phi) is 5.90. The molecule has 2 amide bonds. The summed E-state index contributed by atoms with van der Waals surface area (Å²) in [5, 5.41) is 4.89. The Morgan fingerprint density at radius 3 is 2.52 bits per heavy atom. The van der Waals surface area contributed by atoms with E-state index in [4.69, 9.17) is 4.74 Å². The molecule has 7 heteroatoms. The SMILES string of the molecule is Cc1ccc(OCCNC(=O)Nc2cccc(C(F)(F)F)c2)cc1C. The lowest BCUT2D eigenvalue weighted by Crippen LogP contribution is -2.32. The molecule has 2 rings (SSSR count). The van der Waals surface area contributed by atoms with Gasteiger partial charge in [-0.25, -0.2) is 4.79 Å². The maximum absolute atomic E-state index is 12.6. The van der Waals surface area contributed by atoms with Gasteiger partial charge in [-0.3, -0.25) is 0 Å². The van der Waals surface area contributed by atoms with Gasteiger partial charge in [0.25, 0.3) is 0 Å². The molecular formula is C18H19F3N2O2. The van der Waals surface area contributed by atoms with Crippen molar-refractivity contribution < 1.29 is 22.7 Å². The first kappa shape index (κ1) is 18.6. The average molecular weight is 352 g/mol. The van der Waals surface area contributed by atoms with Crippen molar-refractivity contribution >= 4 is 11.7 Å². The predicted octanol–water partition coefficient (Wildman–Crippen LogP) is 4.52. The third kappa shape index (κ3) is 5.70. The summed E-state index contributed by atoms with van der Waals surface area (Å²) in [4.78, 5) is 11.7. The van der Waals surface area contributed by atoms with Crippen LogP contribution in [0.5, 0.6) is 5.75 Å². The van der Waals surface area contributed by atoms with E-state index in [9.17, 15) is 18.0 Å². The Hall–Kier alpha value is -2.70. The van der Waals surface area contributed by atoms with Gasteiger partial charge < -0.3 is 15.4 Å². The highest BCUT2D eigenvalue weighted by Crippen LogP contribution is 2.30. The maximum atomic E-state index is 12.6. The molecule has 0 heterocycles. The zero-order chi connectivity index (χ0) is 18.4. The van der Waals surface area contributed by atoms with E-state index in [0.717, 1.165) is 23.3 Å². The summed E-state index contributed by atoms with van der Waals surface area (Å²) in [6.45, 7) is 4.44. The highest BCUT2D eigenvalue weighted by molar-refractivity contribution is 5.89. The number of carbonyl (C=O) groups excluding carboxylic acids is 1. The maximum Gasteiger partial charge on any atom is 0.416 e. The fourth-order valence-electron chi connectivity index (χ4n) is 2.09. The quantitative estimate of drug-likeness (QED) is 0.777. The van der Waals surface area contributed by atoms with Gasteiger partial charge in [-0.2, -0.15) is 13.2 Å². The molecule has 25 heavy (non-hydrogen) atoms. The summed E-state index contributed by atoms with van der Waals surface area (Å²) in [5.74, 6) is 0.697. The first-order chi connectivity index (χ1) is 11.8. The van der Waals surface area contributed by atoms with Crippen LogP contribution < -0.4 is 15.4 Å². The Labute approximate surface area is 144 Å². The number of rotatable bonds is 5. The van der Waals surface area contributed by atoms with Crippen molar-refractivity contribution in [2.75, 3.05) is 18.5 Å². The fourth-order valence-corrected chi connectivity index (χ4v) is 2.09. The van der Waals surface area contributed by atoms with Crippen LogP contribution in [0.25, 0.3) is 0 Å². The monoisotopic (exact) mass is 352 g/mol. The molecule has 0 spiro atoms. The van der Waals surface area contributed by atoms with E-state index in [1.165, 1.54) is 12.1 Å². The molecule has 0 fully saturated rings. The van der Waals surface area contributed by atoms with Crippen LogP contribution in [0.2, 0.25) is 0 Å². The van der Waals surface area contributed by atoms with Crippen LogP contribution in [0, 0.1) is 13.8 Å². The summed E-state index contributed by atoms with van der Waals surface area (Å²) in [5.41, 5.74) is 1.52. The number of benzene rings is 2. The predicted molar refractivity (Wildman–Crippen MR) is 89.9 cm³/mol. The average Bonchev–Trinajstić information content (AvgIpc) is 2.54. The van der Waals surface area contributed by atoms with E-state index >= 15 is 0 Å². The second-order valence-electron chi connectivity index (χ2n) is 5.55. The molecule has 0 saturated heterocycles. The zero-order valence-electron chi connectivity index (χ0n) is 13.9. The van der Waals surface area contributed by atoms with E-state index in [-0.39, 0.29) is 18.8 Å². The van der Waals surface area contributed by atoms with E-state index in [1.54, 1.807) is 0 Å². The van der Waals surface area contributed by atoms with Crippen LogP contribution in [0.4, 0.5) is 23.7 Å². The van der Waals surface area contributed by atoms with Crippen LogP contribution >= 0.6 is 0 Å². The van der Waals surface area contributed by atoms with Crippen molar-refractivity contribution in [3.63, 3.8) is 0 Å². The molecule has 0 radical (unpaired) electrons. The van der Waals surface area contributed by atoms with Crippen molar-refractivity contribution in [3.8, 4) is 5.75 Å². The van der Waals surface area contributed by atoms with Gasteiger partial charge in [-0.15, -0.1) is 0 Å². The molecular weight excluding hydrogens is 333 g/mol. The molecule has 2 aromatic rings. The number of amides is 2. The molecule has 0 unspecified atom stereocenters. The molecule has 0 atom stereocenters. The van der Waals surface area contributed by atoms with E-state index in [0.29, 0.717) is 5.75 Å². The lowest BCUT2D eigenvalue weighted by molar-refractivity contribution is -0.137. The third-order valence-electron chi connectivity index (χ3n) is 3.58. The number of alkyl halides is 3. The molecule has 0 aromatic heterocycles. The van der Waals surface area contributed by atoms with Crippen molar-refractivity contribution in [2.24, 2.45) is 0 Å². The van der Waals surface area contributed by atoms with Gasteiger partial charge in [-0.05, 0) is 55.3 Å². The van der Waals surface area contributed by atoms with E-state index < -0.39 is 17.8 Å². The Morgan fingerprint density at radius 2 is 1.84 bits per heavy atom. The highest BCUT2D eigenvalue weighted by atomic mass is 19.4. The number of hydrogen-bond acceptors (Lipinski definition) is 2. The Bertz CT molecular complexity index is 745. The molecule has 134 valence electrons. The van der Waals surface area contributed by atoms with E-state index in [2.05, 4.69) is 10.6 Å². The number of hydrogen-bond donors (Lipinski definition) is 2. The van der Waals surface area contributed by atoms with Crippen molar-refractivity contribution in [1.82, 2.24) is 5.32 Å². The van der Waals surface area contributed by atoms with Crippen LogP contribution in [0.3, 0.4) is 0 Å². The van der Waals surface area contributed by atoms with Gasteiger partial charge in [0.2, 0.25) is 0 Å². The minimum absolute atomic E-state index is 0.0717. The van der Waals surface area contributed by atoms with Crippen molar-refractivity contribution in [1.29, 1.82) is 0 Å². The van der Waals surface area contributed by atoms with Gasteiger partial charge in [0.05, 0.1) is 12.1 Å².